The van der Waals surface area contributed by atoms with Crippen LogP contribution >= 0.6 is 11.8 Å². The fourth-order valence-corrected chi connectivity index (χ4v) is 6.36. The van der Waals surface area contributed by atoms with Gasteiger partial charge < -0.3 is 4.90 Å². The van der Waals surface area contributed by atoms with Gasteiger partial charge in [-0.15, -0.1) is 11.8 Å². The van der Waals surface area contributed by atoms with Crippen LogP contribution in [0.25, 0.3) is 0 Å². The fraction of sp³-hybridized carbons (Fsp3) is 0.545. The summed E-state index contributed by atoms with van der Waals surface area (Å²) in [6.45, 7) is 14.2. The van der Waals surface area contributed by atoms with E-state index < -0.39 is 0 Å². The highest BCUT2D eigenvalue weighted by Gasteiger charge is 2.55. The molecule has 0 aromatic rings. The lowest BCUT2D eigenvalue weighted by molar-refractivity contribution is 0.319. The summed E-state index contributed by atoms with van der Waals surface area (Å²) in [4.78, 5) is 3.84. The molecule has 4 unspecified atom stereocenters. The first-order valence-electron chi connectivity index (χ1n) is 9.46. The lowest BCUT2D eigenvalue weighted by Gasteiger charge is -2.25. The largest absolute Gasteiger partial charge is 0.345 e. The Kier molecular flexibility index (Phi) is 4.51. The fourth-order valence-electron chi connectivity index (χ4n) is 5.31. The highest BCUT2D eigenvalue weighted by atomic mass is 32.2. The predicted octanol–water partition coefficient (Wildman–Crippen LogP) is 5.91. The Morgan fingerprint density at radius 2 is 1.83 bits per heavy atom. The first kappa shape index (κ1) is 16.3. The van der Waals surface area contributed by atoms with Gasteiger partial charge >= 0.3 is 0 Å². The lowest BCUT2D eigenvalue weighted by atomic mass is 9.79. The zero-order valence-electron chi connectivity index (χ0n) is 14.7. The quantitative estimate of drug-likeness (QED) is 0.554. The summed E-state index contributed by atoms with van der Waals surface area (Å²) in [5, 5.41) is 0. The Hall–Kier alpha value is -1.15. The van der Waals surface area contributed by atoms with E-state index in [9.17, 15) is 0 Å². The second-order valence-electron chi connectivity index (χ2n) is 7.89. The smallest absolute Gasteiger partial charge is 0.0432 e. The third kappa shape index (κ3) is 2.83. The van der Waals surface area contributed by atoms with Crippen molar-refractivity contribution in [2.45, 2.75) is 38.5 Å². The minimum absolute atomic E-state index is 0.691. The number of nitrogens with zero attached hydrogens (tertiary/aromatic N) is 1. The highest BCUT2D eigenvalue weighted by Crippen LogP contribution is 2.61. The molecular weight excluding hydrogens is 310 g/mol. The van der Waals surface area contributed by atoms with Crippen LogP contribution in [0, 0.1) is 23.7 Å². The molecule has 0 aromatic carbocycles. The summed E-state index contributed by atoms with van der Waals surface area (Å²) in [5.41, 5.74) is 3.99. The molecule has 2 saturated carbocycles. The highest BCUT2D eigenvalue weighted by molar-refractivity contribution is 8.03. The van der Waals surface area contributed by atoms with E-state index in [1.807, 2.05) is 11.8 Å². The molecule has 1 aliphatic heterocycles. The Labute approximate surface area is 151 Å². The number of allylic oxidation sites excluding steroid dienone is 5. The van der Waals surface area contributed by atoms with E-state index in [-0.39, 0.29) is 0 Å². The minimum atomic E-state index is 0.691. The van der Waals surface area contributed by atoms with Gasteiger partial charge in [0.15, 0.2) is 0 Å². The Morgan fingerprint density at radius 3 is 2.46 bits per heavy atom. The normalized spacial score (nSPS) is 34.0. The number of hydrogen-bond donors (Lipinski definition) is 0. The molecule has 2 heteroatoms. The molecule has 24 heavy (non-hydrogen) atoms. The van der Waals surface area contributed by atoms with Crippen molar-refractivity contribution < 1.29 is 0 Å². The van der Waals surface area contributed by atoms with Crippen molar-refractivity contribution >= 4 is 11.8 Å². The number of thioether (sulfide) groups is 1. The molecule has 4 rings (SSSR count). The minimum Gasteiger partial charge on any atom is -0.345 e. The van der Waals surface area contributed by atoms with E-state index in [4.69, 9.17) is 0 Å². The molecule has 3 fully saturated rings. The molecule has 0 radical (unpaired) electrons. The van der Waals surface area contributed by atoms with Crippen LogP contribution in [-0.2, 0) is 0 Å². The van der Waals surface area contributed by atoms with E-state index in [1.54, 1.807) is 0 Å². The van der Waals surface area contributed by atoms with Gasteiger partial charge in [0, 0.05) is 40.4 Å². The van der Waals surface area contributed by atoms with Crippen molar-refractivity contribution in [1.82, 2.24) is 4.90 Å². The number of likely N-dealkylation sites (tertiary alicyclic amines) is 1. The number of rotatable bonds is 6. The van der Waals surface area contributed by atoms with E-state index >= 15 is 0 Å². The van der Waals surface area contributed by atoms with E-state index in [1.165, 1.54) is 54.0 Å². The van der Waals surface area contributed by atoms with E-state index in [0.717, 1.165) is 30.6 Å². The van der Waals surface area contributed by atoms with Gasteiger partial charge in [0.05, 0.1) is 0 Å². The zero-order valence-corrected chi connectivity index (χ0v) is 15.5. The molecule has 0 amide bonds. The van der Waals surface area contributed by atoms with Crippen LogP contribution in [0.1, 0.15) is 38.5 Å². The molecule has 1 saturated heterocycles. The third-order valence-corrected chi connectivity index (χ3v) is 7.49. The van der Waals surface area contributed by atoms with Crippen molar-refractivity contribution in [3.05, 3.63) is 59.8 Å². The van der Waals surface area contributed by atoms with Crippen LogP contribution < -0.4 is 0 Å². The summed E-state index contributed by atoms with van der Waals surface area (Å²) in [5.74, 6) is 4.26. The second-order valence-corrected chi connectivity index (χ2v) is 9.06. The maximum Gasteiger partial charge on any atom is 0.0432 e. The van der Waals surface area contributed by atoms with Gasteiger partial charge in [-0.1, -0.05) is 43.5 Å². The van der Waals surface area contributed by atoms with Crippen molar-refractivity contribution in [3.8, 4) is 0 Å². The van der Waals surface area contributed by atoms with Crippen molar-refractivity contribution in [1.29, 1.82) is 0 Å². The molecular formula is C22H29NS. The van der Waals surface area contributed by atoms with Crippen molar-refractivity contribution in [2.75, 3.05) is 12.3 Å². The van der Waals surface area contributed by atoms with E-state index in [0.29, 0.717) is 11.8 Å². The van der Waals surface area contributed by atoms with Crippen LogP contribution in [-0.4, -0.2) is 17.2 Å². The first-order valence-corrected chi connectivity index (χ1v) is 10.4. The van der Waals surface area contributed by atoms with Gasteiger partial charge in [-0.3, -0.25) is 0 Å². The van der Waals surface area contributed by atoms with Crippen LogP contribution in [0.3, 0.4) is 0 Å². The molecule has 0 spiro atoms. The van der Waals surface area contributed by atoms with Crippen LogP contribution in [0.15, 0.2) is 59.8 Å². The van der Waals surface area contributed by atoms with Gasteiger partial charge in [-0.2, -0.15) is 0 Å². The van der Waals surface area contributed by atoms with Gasteiger partial charge in [0.2, 0.25) is 0 Å². The number of fused-ring (bicyclic) bond motifs is 5. The Bertz CT molecular complexity index is 598. The number of hydrogen-bond acceptors (Lipinski definition) is 2. The molecule has 0 N–H and O–H groups in total. The molecule has 4 aliphatic rings. The average molecular weight is 340 g/mol. The van der Waals surface area contributed by atoms with Crippen molar-refractivity contribution in [2.24, 2.45) is 23.7 Å². The zero-order chi connectivity index (χ0) is 16.7. The predicted molar refractivity (Wildman–Crippen MR) is 105 cm³/mol. The SMILES string of the molecule is C=C(CCSC1=CCCC=C1)CN1C(=C)C2C3CCC(C3)C2C1=C. The molecule has 1 heterocycles. The molecule has 0 aromatic heterocycles. The second kappa shape index (κ2) is 6.63. The molecule has 128 valence electrons. The maximum absolute atomic E-state index is 4.45. The Balaban J connectivity index is 1.30. The standard InChI is InChI=1S/C22H29NS/c1-15(11-12-24-20-7-5-4-6-8-20)14-23-16(2)21-18-9-10-19(13-18)22(21)17(23)3/h5,7-8,18-19,21-22H,1-4,6,9-14H2. The summed E-state index contributed by atoms with van der Waals surface area (Å²) >= 11 is 1.96. The van der Waals surface area contributed by atoms with Crippen LogP contribution in [0.2, 0.25) is 0 Å². The molecule has 4 atom stereocenters. The van der Waals surface area contributed by atoms with Crippen molar-refractivity contribution in [3.63, 3.8) is 0 Å². The maximum atomic E-state index is 4.45. The van der Waals surface area contributed by atoms with Gasteiger partial charge in [0.1, 0.15) is 0 Å². The Morgan fingerprint density at radius 1 is 1.12 bits per heavy atom. The summed E-state index contributed by atoms with van der Waals surface area (Å²) in [6, 6.07) is 0. The van der Waals surface area contributed by atoms with E-state index in [2.05, 4.69) is 42.9 Å². The van der Waals surface area contributed by atoms with Crippen LogP contribution in [0.4, 0.5) is 0 Å². The third-order valence-electron chi connectivity index (χ3n) is 6.45. The molecule has 1 nitrogen and oxygen atoms in total. The van der Waals surface area contributed by atoms with Crippen LogP contribution in [0.5, 0.6) is 0 Å². The van der Waals surface area contributed by atoms with Gasteiger partial charge in [-0.25, -0.2) is 0 Å². The molecule has 2 bridgehead atoms. The summed E-state index contributed by atoms with van der Waals surface area (Å²) in [6.07, 6.45) is 14.6. The summed E-state index contributed by atoms with van der Waals surface area (Å²) < 4.78 is 0. The molecule has 3 aliphatic carbocycles. The van der Waals surface area contributed by atoms with Gasteiger partial charge in [0.25, 0.3) is 0 Å². The monoisotopic (exact) mass is 339 g/mol. The topological polar surface area (TPSA) is 3.24 Å². The average Bonchev–Trinajstić information content (AvgIpc) is 3.26. The lowest BCUT2D eigenvalue weighted by Crippen LogP contribution is -2.21. The first-order chi connectivity index (χ1) is 11.6. The summed E-state index contributed by atoms with van der Waals surface area (Å²) in [7, 11) is 0. The van der Waals surface area contributed by atoms with Gasteiger partial charge in [-0.05, 0) is 50.4 Å².